The lowest BCUT2D eigenvalue weighted by atomic mass is 9.94. The summed E-state index contributed by atoms with van der Waals surface area (Å²) in [5.74, 6) is -0.823. The molecule has 9 heteroatoms. The SMILES string of the molecule is CCCN(CCOc1ccc(NC(=O)c2coc3c2C(=O)CCC3)cc1F)C(=O)OC(C)(C)C. The molecule has 1 aliphatic rings. The number of ketones is 1. The molecule has 1 heterocycles. The molecular formula is C25H31FN2O6. The van der Waals surface area contributed by atoms with Gasteiger partial charge in [0.1, 0.15) is 24.2 Å². The van der Waals surface area contributed by atoms with Crippen LogP contribution >= 0.6 is 0 Å². The van der Waals surface area contributed by atoms with Crippen molar-refractivity contribution in [3.63, 3.8) is 0 Å². The number of rotatable bonds is 8. The Balaban J connectivity index is 1.59. The van der Waals surface area contributed by atoms with Crippen LogP contribution in [0.3, 0.4) is 0 Å². The van der Waals surface area contributed by atoms with Crippen molar-refractivity contribution in [2.75, 3.05) is 25.0 Å². The minimum absolute atomic E-state index is 0.00509. The molecule has 0 fully saturated rings. The first-order valence-corrected chi connectivity index (χ1v) is 11.4. The highest BCUT2D eigenvalue weighted by atomic mass is 19.1. The average Bonchev–Trinajstić information content (AvgIpc) is 3.19. The molecule has 0 spiro atoms. The Morgan fingerprint density at radius 3 is 2.65 bits per heavy atom. The number of hydrogen-bond donors (Lipinski definition) is 1. The first kappa shape index (κ1) is 25.3. The van der Waals surface area contributed by atoms with Crippen molar-refractivity contribution >= 4 is 23.5 Å². The standard InChI is InChI=1S/C25H31FN2O6/c1-5-11-28(24(31)34-25(2,3)4)12-13-32-20-10-9-16(14-18(20)26)27-23(30)17-15-33-21-8-6-7-19(29)22(17)21/h9-10,14-15H,5-8,11-13H2,1-4H3,(H,27,30). The lowest BCUT2D eigenvalue weighted by molar-refractivity contribution is 0.0225. The van der Waals surface area contributed by atoms with Crippen molar-refractivity contribution in [3.8, 4) is 5.75 Å². The van der Waals surface area contributed by atoms with Crippen LogP contribution in [0.15, 0.2) is 28.9 Å². The van der Waals surface area contributed by atoms with Gasteiger partial charge in [0.2, 0.25) is 0 Å². The summed E-state index contributed by atoms with van der Waals surface area (Å²) in [6.45, 7) is 8.12. The van der Waals surface area contributed by atoms with Gasteiger partial charge in [-0.2, -0.15) is 0 Å². The number of fused-ring (bicyclic) bond motifs is 1. The molecule has 0 unspecified atom stereocenters. The van der Waals surface area contributed by atoms with Crippen LogP contribution in [0.2, 0.25) is 0 Å². The molecule has 1 aromatic carbocycles. The number of halogens is 1. The number of aryl methyl sites for hydroxylation is 1. The zero-order chi connectivity index (χ0) is 24.9. The van der Waals surface area contributed by atoms with Gasteiger partial charge in [-0.25, -0.2) is 9.18 Å². The predicted molar refractivity (Wildman–Crippen MR) is 124 cm³/mol. The van der Waals surface area contributed by atoms with E-state index in [1.165, 1.54) is 23.3 Å². The zero-order valence-corrected chi connectivity index (χ0v) is 20.0. The van der Waals surface area contributed by atoms with Crippen LogP contribution in [0, 0.1) is 5.82 Å². The van der Waals surface area contributed by atoms with E-state index in [9.17, 15) is 18.8 Å². The molecule has 3 rings (SSSR count). The summed E-state index contributed by atoms with van der Waals surface area (Å²) in [5, 5.41) is 2.59. The first-order chi connectivity index (χ1) is 16.1. The van der Waals surface area contributed by atoms with Gasteiger partial charge in [-0.15, -0.1) is 0 Å². The Morgan fingerprint density at radius 2 is 1.97 bits per heavy atom. The second kappa shape index (κ2) is 10.7. The monoisotopic (exact) mass is 474 g/mol. The Labute approximate surface area is 198 Å². The van der Waals surface area contributed by atoms with Gasteiger partial charge < -0.3 is 24.1 Å². The summed E-state index contributed by atoms with van der Waals surface area (Å²) in [5.41, 5.74) is 0.0677. The van der Waals surface area contributed by atoms with Gasteiger partial charge in [-0.3, -0.25) is 9.59 Å². The van der Waals surface area contributed by atoms with Gasteiger partial charge >= 0.3 is 6.09 Å². The van der Waals surface area contributed by atoms with Crippen LogP contribution in [-0.4, -0.2) is 48.0 Å². The number of nitrogens with zero attached hydrogens (tertiary/aromatic N) is 1. The molecular weight excluding hydrogens is 443 g/mol. The molecule has 0 atom stereocenters. The number of hydrogen-bond acceptors (Lipinski definition) is 6. The number of ether oxygens (including phenoxy) is 2. The van der Waals surface area contributed by atoms with Gasteiger partial charge in [-0.1, -0.05) is 6.92 Å². The van der Waals surface area contributed by atoms with E-state index in [2.05, 4.69) is 5.32 Å². The third-order valence-electron chi connectivity index (χ3n) is 5.15. The van der Waals surface area contributed by atoms with Crippen molar-refractivity contribution in [1.29, 1.82) is 0 Å². The molecule has 0 saturated carbocycles. The third-order valence-corrected chi connectivity index (χ3v) is 5.15. The topological polar surface area (TPSA) is 98.1 Å². The number of benzene rings is 1. The minimum atomic E-state index is -0.664. The van der Waals surface area contributed by atoms with E-state index >= 15 is 0 Å². The second-order valence-corrected chi connectivity index (χ2v) is 9.14. The van der Waals surface area contributed by atoms with Crippen molar-refractivity contribution in [2.45, 2.75) is 59.0 Å². The summed E-state index contributed by atoms with van der Waals surface area (Å²) >= 11 is 0. The van der Waals surface area contributed by atoms with Crippen LogP contribution in [0.1, 0.15) is 73.4 Å². The van der Waals surface area contributed by atoms with Crippen molar-refractivity contribution in [2.24, 2.45) is 0 Å². The number of anilines is 1. The van der Waals surface area contributed by atoms with E-state index in [-0.39, 0.29) is 35.9 Å². The second-order valence-electron chi connectivity index (χ2n) is 9.14. The maximum absolute atomic E-state index is 14.6. The van der Waals surface area contributed by atoms with Crippen LogP contribution in [0.4, 0.5) is 14.9 Å². The zero-order valence-electron chi connectivity index (χ0n) is 20.0. The predicted octanol–water partition coefficient (Wildman–Crippen LogP) is 5.22. The largest absolute Gasteiger partial charge is 0.489 e. The fourth-order valence-electron chi connectivity index (χ4n) is 3.64. The molecule has 0 aliphatic heterocycles. The van der Waals surface area contributed by atoms with E-state index < -0.39 is 23.4 Å². The summed E-state index contributed by atoms with van der Waals surface area (Å²) in [6.07, 6.45) is 3.24. The maximum atomic E-state index is 14.6. The van der Waals surface area contributed by atoms with Crippen LogP contribution in [0.5, 0.6) is 5.75 Å². The first-order valence-electron chi connectivity index (χ1n) is 11.4. The molecule has 2 amide bonds. The highest BCUT2D eigenvalue weighted by Gasteiger charge is 2.28. The lowest BCUT2D eigenvalue weighted by Crippen LogP contribution is -2.39. The van der Waals surface area contributed by atoms with Gasteiger partial charge in [0.15, 0.2) is 17.3 Å². The molecule has 0 saturated heterocycles. The summed E-state index contributed by atoms with van der Waals surface area (Å²) in [6, 6.07) is 4.04. The summed E-state index contributed by atoms with van der Waals surface area (Å²) in [4.78, 5) is 38.6. The molecule has 1 N–H and O–H groups in total. The average molecular weight is 475 g/mol. The number of Topliss-reactive ketones (excluding diaryl/α,β-unsaturated/α-hetero) is 1. The summed E-state index contributed by atoms with van der Waals surface area (Å²) in [7, 11) is 0. The van der Waals surface area contributed by atoms with Crippen LogP contribution in [-0.2, 0) is 11.2 Å². The Bertz CT molecular complexity index is 1060. The maximum Gasteiger partial charge on any atom is 0.410 e. The van der Waals surface area contributed by atoms with Crippen molar-refractivity contribution in [3.05, 3.63) is 47.2 Å². The van der Waals surface area contributed by atoms with Gasteiger partial charge in [0.25, 0.3) is 5.91 Å². The number of furan rings is 1. The van der Waals surface area contributed by atoms with E-state index in [1.54, 1.807) is 20.8 Å². The van der Waals surface area contributed by atoms with E-state index in [4.69, 9.17) is 13.9 Å². The molecule has 2 aromatic rings. The number of carbonyl (C=O) groups excluding carboxylic acids is 3. The third kappa shape index (κ3) is 6.36. The fraction of sp³-hybridized carbons (Fsp3) is 0.480. The number of nitrogens with one attached hydrogen (secondary N) is 1. The quantitative estimate of drug-likeness (QED) is 0.564. The molecule has 34 heavy (non-hydrogen) atoms. The molecule has 1 aliphatic carbocycles. The minimum Gasteiger partial charge on any atom is -0.489 e. The Morgan fingerprint density at radius 1 is 1.21 bits per heavy atom. The fourth-order valence-corrected chi connectivity index (χ4v) is 3.64. The number of amides is 2. The van der Waals surface area contributed by atoms with E-state index in [0.717, 1.165) is 12.5 Å². The van der Waals surface area contributed by atoms with Crippen molar-refractivity contribution in [1.82, 2.24) is 4.90 Å². The molecule has 1 aromatic heterocycles. The number of carbonyl (C=O) groups is 3. The molecule has 184 valence electrons. The van der Waals surface area contributed by atoms with Crippen LogP contribution in [0.25, 0.3) is 0 Å². The highest BCUT2D eigenvalue weighted by Crippen LogP contribution is 2.28. The molecule has 8 nitrogen and oxygen atoms in total. The Hall–Kier alpha value is -3.36. The van der Waals surface area contributed by atoms with E-state index in [0.29, 0.717) is 37.1 Å². The normalized spacial score (nSPS) is 13.3. The van der Waals surface area contributed by atoms with Gasteiger partial charge in [-0.05, 0) is 45.7 Å². The van der Waals surface area contributed by atoms with E-state index in [1.807, 2.05) is 6.92 Å². The van der Waals surface area contributed by atoms with Crippen LogP contribution < -0.4 is 10.1 Å². The highest BCUT2D eigenvalue weighted by molar-refractivity contribution is 6.13. The smallest absolute Gasteiger partial charge is 0.410 e. The molecule has 0 radical (unpaired) electrons. The lowest BCUT2D eigenvalue weighted by Gasteiger charge is -2.27. The van der Waals surface area contributed by atoms with Gasteiger partial charge in [0.05, 0.1) is 17.7 Å². The van der Waals surface area contributed by atoms with Crippen molar-refractivity contribution < 1.29 is 32.7 Å². The summed E-state index contributed by atoms with van der Waals surface area (Å²) < 4.78 is 30.9. The van der Waals surface area contributed by atoms with Gasteiger partial charge in [0, 0.05) is 31.1 Å². The molecule has 0 bridgehead atoms. The Kier molecular flexibility index (Phi) is 7.96.